The average molecular weight is 202 g/mol. The second-order valence-electron chi connectivity index (χ2n) is 4.13. The fourth-order valence-corrected chi connectivity index (χ4v) is 1.28. The minimum absolute atomic E-state index is 0.0445. The molecule has 1 heterocycles. The number of carbonyl (C=O) groups excluding carboxylic acids is 1. The summed E-state index contributed by atoms with van der Waals surface area (Å²) in [4.78, 5) is 11.6. The van der Waals surface area contributed by atoms with Gasteiger partial charge in [-0.3, -0.25) is 4.79 Å². The van der Waals surface area contributed by atoms with Crippen LogP contribution in [-0.4, -0.2) is 18.0 Å². The Morgan fingerprint density at radius 3 is 2.53 bits per heavy atom. The summed E-state index contributed by atoms with van der Waals surface area (Å²) >= 11 is 0. The van der Waals surface area contributed by atoms with Gasteiger partial charge in [0.25, 0.3) is 0 Å². The summed E-state index contributed by atoms with van der Waals surface area (Å²) < 4.78 is 5.06. The molecule has 0 N–H and O–H groups in total. The molecule has 0 radical (unpaired) electrons. The zero-order valence-electron chi connectivity index (χ0n) is 8.99. The zero-order valence-corrected chi connectivity index (χ0v) is 8.99. The molecule has 1 atom stereocenters. The number of carbonyl (C=O) groups is 1. The Bertz CT molecular complexity index is 397. The smallest absolute Gasteiger partial charge is 0.189 e. The van der Waals surface area contributed by atoms with E-state index in [9.17, 15) is 4.79 Å². The predicted octanol–water partition coefficient (Wildman–Crippen LogP) is 2.37. The molecular weight excluding hydrogens is 188 g/mol. The molecule has 78 valence electrons. The molecule has 2 heteroatoms. The molecule has 2 rings (SSSR count). The molecule has 0 saturated carbocycles. The largest absolute Gasteiger partial charge is 0.361 e. The van der Waals surface area contributed by atoms with E-state index in [0.717, 1.165) is 5.56 Å². The summed E-state index contributed by atoms with van der Waals surface area (Å²) in [6.07, 6.45) is 3.42. The summed E-state index contributed by atoms with van der Waals surface area (Å²) in [5, 5.41) is 0. The van der Waals surface area contributed by atoms with Crippen LogP contribution in [0.2, 0.25) is 0 Å². The van der Waals surface area contributed by atoms with Gasteiger partial charge >= 0.3 is 0 Å². The van der Waals surface area contributed by atoms with Crippen LogP contribution in [0.25, 0.3) is 6.08 Å². The molecule has 15 heavy (non-hydrogen) atoms. The van der Waals surface area contributed by atoms with E-state index in [1.54, 1.807) is 6.08 Å². The Hall–Kier alpha value is -1.41. The van der Waals surface area contributed by atoms with Crippen molar-refractivity contribution in [3.8, 4) is 0 Å². The maximum absolute atomic E-state index is 11.6. The third kappa shape index (κ3) is 2.34. The lowest BCUT2D eigenvalue weighted by atomic mass is 10.1. The number of benzene rings is 1. The number of aryl methyl sites for hydroxylation is 1. The van der Waals surface area contributed by atoms with Gasteiger partial charge in [-0.25, -0.2) is 0 Å². The van der Waals surface area contributed by atoms with Gasteiger partial charge in [0.05, 0.1) is 6.61 Å². The van der Waals surface area contributed by atoms with Gasteiger partial charge in [0.15, 0.2) is 11.4 Å². The first-order chi connectivity index (χ1) is 7.10. The lowest BCUT2D eigenvalue weighted by Gasteiger charge is -1.98. The van der Waals surface area contributed by atoms with E-state index in [0.29, 0.717) is 6.61 Å². The van der Waals surface area contributed by atoms with Gasteiger partial charge in [-0.2, -0.15) is 0 Å². The van der Waals surface area contributed by atoms with Crippen molar-refractivity contribution in [2.24, 2.45) is 0 Å². The van der Waals surface area contributed by atoms with Crippen molar-refractivity contribution >= 4 is 11.9 Å². The molecule has 1 fully saturated rings. The minimum atomic E-state index is -0.540. The van der Waals surface area contributed by atoms with E-state index in [-0.39, 0.29) is 5.78 Å². The first-order valence-corrected chi connectivity index (χ1v) is 5.03. The molecule has 1 aliphatic heterocycles. The number of ether oxygens (including phenoxy) is 1. The van der Waals surface area contributed by atoms with Crippen LogP contribution in [0.3, 0.4) is 0 Å². The zero-order chi connectivity index (χ0) is 10.9. The van der Waals surface area contributed by atoms with Crippen LogP contribution in [0.4, 0.5) is 0 Å². The van der Waals surface area contributed by atoms with Crippen molar-refractivity contribution < 1.29 is 9.53 Å². The number of hydrogen-bond donors (Lipinski definition) is 0. The van der Waals surface area contributed by atoms with Crippen molar-refractivity contribution in [1.82, 2.24) is 0 Å². The molecule has 1 saturated heterocycles. The average Bonchev–Trinajstić information content (AvgIpc) is 2.97. The number of hydrogen-bond acceptors (Lipinski definition) is 2. The molecule has 1 aromatic carbocycles. The molecule has 1 aromatic rings. The second kappa shape index (κ2) is 3.63. The molecule has 0 aliphatic carbocycles. The SMILES string of the molecule is Cc1ccc(/C=C/C(=O)C2(C)CO2)cc1. The quantitative estimate of drug-likeness (QED) is 0.556. The Morgan fingerprint density at radius 2 is 2.00 bits per heavy atom. The van der Waals surface area contributed by atoms with Gasteiger partial charge in [-0.05, 0) is 25.5 Å². The van der Waals surface area contributed by atoms with Crippen LogP contribution in [-0.2, 0) is 9.53 Å². The summed E-state index contributed by atoms with van der Waals surface area (Å²) in [5.41, 5.74) is 1.72. The molecule has 2 nitrogen and oxygen atoms in total. The van der Waals surface area contributed by atoms with Gasteiger partial charge in [-0.15, -0.1) is 0 Å². The van der Waals surface area contributed by atoms with E-state index < -0.39 is 5.60 Å². The first kappa shape index (κ1) is 10.1. The normalized spacial score (nSPS) is 24.4. The Morgan fingerprint density at radius 1 is 1.40 bits per heavy atom. The fourth-order valence-electron chi connectivity index (χ4n) is 1.28. The highest BCUT2D eigenvalue weighted by molar-refractivity contribution is 6.01. The highest BCUT2D eigenvalue weighted by Crippen LogP contribution is 2.27. The van der Waals surface area contributed by atoms with E-state index in [1.165, 1.54) is 5.56 Å². The van der Waals surface area contributed by atoms with Crippen LogP contribution in [0.15, 0.2) is 30.3 Å². The summed E-state index contributed by atoms with van der Waals surface area (Å²) in [5.74, 6) is 0.0445. The molecule has 0 aromatic heterocycles. The van der Waals surface area contributed by atoms with E-state index in [1.807, 2.05) is 44.2 Å². The monoisotopic (exact) mass is 202 g/mol. The predicted molar refractivity (Wildman–Crippen MR) is 59.6 cm³/mol. The van der Waals surface area contributed by atoms with Crippen molar-refractivity contribution in [2.45, 2.75) is 19.4 Å². The number of rotatable bonds is 3. The van der Waals surface area contributed by atoms with E-state index >= 15 is 0 Å². The minimum Gasteiger partial charge on any atom is -0.361 e. The Labute approximate surface area is 89.6 Å². The van der Waals surface area contributed by atoms with Crippen molar-refractivity contribution in [1.29, 1.82) is 0 Å². The van der Waals surface area contributed by atoms with Gasteiger partial charge < -0.3 is 4.74 Å². The van der Waals surface area contributed by atoms with Crippen molar-refractivity contribution in [3.05, 3.63) is 41.5 Å². The maximum Gasteiger partial charge on any atom is 0.189 e. The highest BCUT2D eigenvalue weighted by Gasteiger charge is 2.45. The standard InChI is InChI=1S/C13H14O2/c1-10-3-5-11(6-4-10)7-8-12(14)13(2)9-15-13/h3-8H,9H2,1-2H3/b8-7+. The molecular formula is C13H14O2. The molecule has 0 amide bonds. The van der Waals surface area contributed by atoms with E-state index in [4.69, 9.17) is 4.74 Å². The second-order valence-corrected chi connectivity index (χ2v) is 4.13. The van der Waals surface area contributed by atoms with Crippen LogP contribution < -0.4 is 0 Å². The fraction of sp³-hybridized carbons (Fsp3) is 0.308. The summed E-state index contributed by atoms with van der Waals surface area (Å²) in [7, 11) is 0. The third-order valence-electron chi connectivity index (χ3n) is 2.60. The molecule has 0 bridgehead atoms. The van der Waals surface area contributed by atoms with Crippen LogP contribution in [0.1, 0.15) is 18.1 Å². The molecule has 1 aliphatic rings. The topological polar surface area (TPSA) is 29.6 Å². The lowest BCUT2D eigenvalue weighted by molar-refractivity contribution is -0.118. The summed E-state index contributed by atoms with van der Waals surface area (Å²) in [6.45, 7) is 4.40. The van der Waals surface area contributed by atoms with E-state index in [2.05, 4.69) is 0 Å². The summed E-state index contributed by atoms with van der Waals surface area (Å²) in [6, 6.07) is 8.05. The van der Waals surface area contributed by atoms with Gasteiger partial charge in [-0.1, -0.05) is 35.9 Å². The number of ketones is 1. The first-order valence-electron chi connectivity index (χ1n) is 5.03. The van der Waals surface area contributed by atoms with Crippen LogP contribution >= 0.6 is 0 Å². The third-order valence-corrected chi connectivity index (χ3v) is 2.60. The maximum atomic E-state index is 11.6. The Balaban J connectivity index is 2.05. The highest BCUT2D eigenvalue weighted by atomic mass is 16.6. The van der Waals surface area contributed by atoms with Gasteiger partial charge in [0.1, 0.15) is 0 Å². The van der Waals surface area contributed by atoms with Gasteiger partial charge in [0, 0.05) is 0 Å². The van der Waals surface area contributed by atoms with Gasteiger partial charge in [0.2, 0.25) is 0 Å². The number of epoxide rings is 1. The lowest BCUT2D eigenvalue weighted by Crippen LogP contribution is -2.17. The Kier molecular flexibility index (Phi) is 2.45. The molecule has 0 spiro atoms. The molecule has 1 unspecified atom stereocenters. The van der Waals surface area contributed by atoms with Crippen molar-refractivity contribution in [3.63, 3.8) is 0 Å². The van der Waals surface area contributed by atoms with Crippen LogP contribution in [0, 0.1) is 6.92 Å². The van der Waals surface area contributed by atoms with Crippen molar-refractivity contribution in [2.75, 3.05) is 6.61 Å². The van der Waals surface area contributed by atoms with Crippen LogP contribution in [0.5, 0.6) is 0 Å².